The van der Waals surface area contributed by atoms with Crippen LogP contribution in [0.5, 0.6) is 0 Å². The maximum absolute atomic E-state index is 15.0. The monoisotopic (exact) mass is 465 g/mol. The third-order valence-electron chi connectivity index (χ3n) is 5.68. The van der Waals surface area contributed by atoms with Crippen molar-refractivity contribution in [3.05, 3.63) is 94.3 Å². The van der Waals surface area contributed by atoms with Crippen molar-refractivity contribution in [2.75, 3.05) is 11.9 Å². The number of nitrogens with zero attached hydrogens (tertiary/aromatic N) is 3. The van der Waals surface area contributed by atoms with Gasteiger partial charge in [0, 0.05) is 24.4 Å². The Kier molecular flexibility index (Phi) is 5.88. The van der Waals surface area contributed by atoms with Gasteiger partial charge in [-0.05, 0) is 42.8 Å². The second-order valence-corrected chi connectivity index (χ2v) is 8.18. The Labute approximate surface area is 194 Å². The normalized spacial score (nSPS) is 18.2. The number of carbonyl (C=O) groups excluding carboxylic acids is 2. The van der Waals surface area contributed by atoms with E-state index >= 15 is 0 Å². The lowest BCUT2D eigenvalue weighted by molar-refractivity contribution is -0.122. The smallest absolute Gasteiger partial charge is 0.317 e. The zero-order valence-corrected chi connectivity index (χ0v) is 18.5. The molecule has 166 valence electrons. The first-order chi connectivity index (χ1) is 15.7. The van der Waals surface area contributed by atoms with Gasteiger partial charge < -0.3 is 4.90 Å². The number of hydrogen-bond donors (Lipinski definition) is 0. The summed E-state index contributed by atoms with van der Waals surface area (Å²) in [5.41, 5.74) is -0.445. The lowest BCUT2D eigenvalue weighted by atomic mass is 9.86. The molecule has 0 N–H and O–H groups in total. The van der Waals surface area contributed by atoms with Gasteiger partial charge in [-0.2, -0.15) is 0 Å². The zero-order valence-electron chi connectivity index (χ0n) is 17.8. The fourth-order valence-corrected chi connectivity index (χ4v) is 3.80. The van der Waals surface area contributed by atoms with Crippen LogP contribution in [0.25, 0.3) is 0 Å². The molecule has 1 aromatic heterocycles. The maximum Gasteiger partial charge on any atom is 0.332 e. The third-order valence-corrected chi connectivity index (χ3v) is 5.90. The van der Waals surface area contributed by atoms with Gasteiger partial charge in [0.15, 0.2) is 11.6 Å². The van der Waals surface area contributed by atoms with E-state index in [4.69, 9.17) is 11.6 Å². The Balaban J connectivity index is 1.67. The summed E-state index contributed by atoms with van der Waals surface area (Å²) in [6.07, 6.45) is 1.27. The molecule has 2 heterocycles. The topological polar surface area (TPSA) is 53.5 Å². The fourth-order valence-electron chi connectivity index (χ4n) is 3.69. The van der Waals surface area contributed by atoms with Crippen molar-refractivity contribution in [3.63, 3.8) is 0 Å². The molecule has 1 fully saturated rings. The van der Waals surface area contributed by atoms with Crippen LogP contribution in [0, 0.1) is 23.5 Å². The van der Waals surface area contributed by atoms with Gasteiger partial charge in [0.2, 0.25) is 5.91 Å². The van der Waals surface area contributed by atoms with Crippen molar-refractivity contribution in [1.82, 2.24) is 9.88 Å². The summed E-state index contributed by atoms with van der Waals surface area (Å²) in [6.45, 7) is 1.68. The maximum atomic E-state index is 15.0. The Hall–Kier alpha value is -3.76. The number of benzene rings is 2. The summed E-state index contributed by atoms with van der Waals surface area (Å²) in [5, 5.41) is 0.264. The van der Waals surface area contributed by atoms with Crippen LogP contribution in [0.2, 0.25) is 5.15 Å². The number of halogens is 3. The van der Waals surface area contributed by atoms with Gasteiger partial charge in [0.05, 0.1) is 12.0 Å². The van der Waals surface area contributed by atoms with Gasteiger partial charge in [-0.1, -0.05) is 47.7 Å². The molecule has 1 atom stereocenters. The lowest BCUT2D eigenvalue weighted by Crippen LogP contribution is -2.60. The quantitative estimate of drug-likeness (QED) is 0.390. The molecule has 0 bridgehead atoms. The van der Waals surface area contributed by atoms with E-state index in [1.807, 2.05) is 6.07 Å². The molecular formula is C25H18ClF2N3O2. The van der Waals surface area contributed by atoms with Crippen LogP contribution in [0.15, 0.2) is 60.8 Å². The highest BCUT2D eigenvalue weighted by molar-refractivity contribution is 6.29. The van der Waals surface area contributed by atoms with Crippen molar-refractivity contribution in [1.29, 1.82) is 0 Å². The Morgan fingerprint density at radius 3 is 2.24 bits per heavy atom. The molecule has 1 unspecified atom stereocenters. The summed E-state index contributed by atoms with van der Waals surface area (Å²) in [6, 6.07) is 13.3. The molecule has 1 saturated heterocycles. The highest BCUT2D eigenvalue weighted by Crippen LogP contribution is 2.39. The summed E-state index contributed by atoms with van der Waals surface area (Å²) >= 11 is 5.84. The predicted molar refractivity (Wildman–Crippen MR) is 121 cm³/mol. The SMILES string of the molecule is CN1C(=O)N(c2c(F)cc(C#Cc3ccccc3)cc2F)C(=O)CC1(C)c1ccc(Cl)nc1. The van der Waals surface area contributed by atoms with E-state index in [0.717, 1.165) is 12.1 Å². The molecule has 8 heteroatoms. The molecule has 33 heavy (non-hydrogen) atoms. The van der Waals surface area contributed by atoms with Crippen LogP contribution in [0.4, 0.5) is 19.3 Å². The molecule has 3 amide bonds. The Morgan fingerprint density at radius 1 is 1.00 bits per heavy atom. The minimum Gasteiger partial charge on any atom is -0.317 e. The van der Waals surface area contributed by atoms with Crippen molar-refractivity contribution < 1.29 is 18.4 Å². The molecular weight excluding hydrogens is 448 g/mol. The third kappa shape index (κ3) is 4.18. The van der Waals surface area contributed by atoms with Crippen LogP contribution >= 0.6 is 11.6 Å². The van der Waals surface area contributed by atoms with Gasteiger partial charge >= 0.3 is 6.03 Å². The lowest BCUT2D eigenvalue weighted by Gasteiger charge is -2.45. The fraction of sp³-hybridized carbons (Fsp3) is 0.160. The number of amides is 3. The molecule has 0 saturated carbocycles. The second kappa shape index (κ2) is 8.64. The van der Waals surface area contributed by atoms with Gasteiger partial charge in [-0.15, -0.1) is 0 Å². The van der Waals surface area contributed by atoms with Gasteiger partial charge in [-0.3, -0.25) is 4.79 Å². The molecule has 1 aliphatic rings. The van der Waals surface area contributed by atoms with E-state index in [-0.39, 0.29) is 17.1 Å². The van der Waals surface area contributed by atoms with Crippen molar-refractivity contribution >= 4 is 29.2 Å². The van der Waals surface area contributed by atoms with Gasteiger partial charge in [0.25, 0.3) is 0 Å². The van der Waals surface area contributed by atoms with E-state index in [9.17, 15) is 18.4 Å². The number of aromatic nitrogens is 1. The molecule has 4 rings (SSSR count). The summed E-state index contributed by atoms with van der Waals surface area (Å²) in [5.74, 6) is 2.66. The number of urea groups is 1. The standard InChI is InChI=1S/C25H18ClF2N3O2/c1-25(18-10-11-21(26)29-15-18)14-22(32)31(24(33)30(25)2)23-19(27)12-17(13-20(23)28)9-8-16-6-4-3-5-7-16/h3-7,10-13,15H,14H2,1-2H3. The number of imide groups is 1. The van der Waals surface area contributed by atoms with Crippen molar-refractivity contribution in [2.24, 2.45) is 0 Å². The van der Waals surface area contributed by atoms with E-state index in [0.29, 0.717) is 16.0 Å². The van der Waals surface area contributed by atoms with E-state index in [2.05, 4.69) is 16.8 Å². The molecule has 3 aromatic rings. The zero-order chi connectivity index (χ0) is 23.8. The average molecular weight is 466 g/mol. The number of hydrogen-bond acceptors (Lipinski definition) is 3. The molecule has 0 radical (unpaired) electrons. The van der Waals surface area contributed by atoms with Crippen LogP contribution < -0.4 is 4.90 Å². The highest BCUT2D eigenvalue weighted by atomic mass is 35.5. The van der Waals surface area contributed by atoms with Crippen LogP contribution in [0.1, 0.15) is 30.0 Å². The molecule has 2 aromatic carbocycles. The molecule has 5 nitrogen and oxygen atoms in total. The first kappa shape index (κ1) is 22.4. The first-order valence-corrected chi connectivity index (χ1v) is 10.4. The van der Waals surface area contributed by atoms with Crippen LogP contribution in [-0.4, -0.2) is 28.9 Å². The Bertz CT molecular complexity index is 1280. The minimum absolute atomic E-state index is 0.0833. The summed E-state index contributed by atoms with van der Waals surface area (Å²) in [4.78, 5) is 31.9. The number of rotatable bonds is 2. The van der Waals surface area contributed by atoms with Crippen molar-refractivity contribution in [3.8, 4) is 11.8 Å². The van der Waals surface area contributed by atoms with E-state index in [1.54, 1.807) is 43.3 Å². The van der Waals surface area contributed by atoms with Gasteiger partial charge in [0.1, 0.15) is 10.8 Å². The molecule has 1 aliphatic heterocycles. The summed E-state index contributed by atoms with van der Waals surface area (Å²) in [7, 11) is 1.46. The number of carbonyl (C=O) groups is 2. The predicted octanol–water partition coefficient (Wildman–Crippen LogP) is 5.12. The van der Waals surface area contributed by atoms with Crippen LogP contribution in [0.3, 0.4) is 0 Å². The molecule has 0 spiro atoms. The van der Waals surface area contributed by atoms with E-state index in [1.165, 1.54) is 18.1 Å². The average Bonchev–Trinajstić information content (AvgIpc) is 2.79. The summed E-state index contributed by atoms with van der Waals surface area (Å²) < 4.78 is 29.9. The largest absolute Gasteiger partial charge is 0.332 e. The van der Waals surface area contributed by atoms with E-state index < -0.39 is 34.8 Å². The van der Waals surface area contributed by atoms with Crippen molar-refractivity contribution in [2.45, 2.75) is 18.9 Å². The Morgan fingerprint density at radius 2 is 1.64 bits per heavy atom. The molecule has 0 aliphatic carbocycles. The van der Waals surface area contributed by atoms with Gasteiger partial charge in [-0.25, -0.2) is 23.5 Å². The second-order valence-electron chi connectivity index (χ2n) is 7.80. The number of anilines is 1. The number of pyridine rings is 1. The first-order valence-electron chi connectivity index (χ1n) is 9.99. The van der Waals surface area contributed by atoms with Crippen LogP contribution in [-0.2, 0) is 10.3 Å². The highest BCUT2D eigenvalue weighted by Gasteiger charge is 2.47. The minimum atomic E-state index is -1.06.